The normalized spacial score (nSPS) is 10.0. The van der Waals surface area contributed by atoms with Gasteiger partial charge in [0, 0.05) is 0 Å². The van der Waals surface area contributed by atoms with Gasteiger partial charge in [-0.1, -0.05) is 0 Å². The first-order valence-corrected chi connectivity index (χ1v) is 5.48. The van der Waals surface area contributed by atoms with E-state index in [1.165, 1.54) is 11.3 Å². The Morgan fingerprint density at radius 3 is 3.14 bits per heavy atom. The largest absolute Gasteiger partial charge is 0.462 e. The Morgan fingerprint density at radius 2 is 2.50 bits per heavy atom. The van der Waals surface area contributed by atoms with Crippen LogP contribution in [0.5, 0.6) is 0 Å². The molecule has 0 N–H and O–H groups in total. The van der Waals surface area contributed by atoms with Gasteiger partial charge in [-0.15, -0.1) is 11.3 Å². The zero-order valence-electron chi connectivity index (χ0n) is 7.03. The van der Waals surface area contributed by atoms with E-state index < -0.39 is 0 Å². The van der Waals surface area contributed by atoms with Crippen molar-refractivity contribution in [3.63, 3.8) is 0 Å². The SMILES string of the molecule is N#CCc1sc(-c2ccco2)nc1Br. The van der Waals surface area contributed by atoms with E-state index >= 15 is 0 Å². The fourth-order valence-electron chi connectivity index (χ4n) is 1.02. The fraction of sp³-hybridized carbons (Fsp3) is 0.111. The highest BCUT2D eigenvalue weighted by Crippen LogP contribution is 2.31. The quantitative estimate of drug-likeness (QED) is 0.840. The standard InChI is InChI=1S/C9H5BrN2OS/c10-8-7(3-4-11)14-9(12-8)6-2-1-5-13-6/h1-2,5H,3H2. The summed E-state index contributed by atoms with van der Waals surface area (Å²) < 4.78 is 5.94. The number of hydrogen-bond donors (Lipinski definition) is 0. The second-order valence-electron chi connectivity index (χ2n) is 2.55. The molecule has 0 aliphatic heterocycles. The van der Waals surface area contributed by atoms with E-state index in [1.807, 2.05) is 12.1 Å². The van der Waals surface area contributed by atoms with Crippen molar-refractivity contribution in [2.45, 2.75) is 6.42 Å². The molecule has 0 radical (unpaired) electrons. The van der Waals surface area contributed by atoms with Crippen LogP contribution in [0.15, 0.2) is 27.4 Å². The zero-order chi connectivity index (χ0) is 9.97. The summed E-state index contributed by atoms with van der Waals surface area (Å²) in [6.45, 7) is 0. The summed E-state index contributed by atoms with van der Waals surface area (Å²) in [7, 11) is 0. The average Bonchev–Trinajstić information content (AvgIpc) is 2.76. The number of nitrogens with zero attached hydrogens (tertiary/aromatic N) is 2. The number of nitriles is 1. The predicted molar refractivity (Wildman–Crippen MR) is 56.8 cm³/mol. The van der Waals surface area contributed by atoms with E-state index in [0.717, 1.165) is 20.2 Å². The Morgan fingerprint density at radius 1 is 1.64 bits per heavy atom. The smallest absolute Gasteiger partial charge is 0.162 e. The Kier molecular flexibility index (Phi) is 2.66. The third-order valence-electron chi connectivity index (χ3n) is 1.62. The van der Waals surface area contributed by atoms with Gasteiger partial charge in [-0.05, 0) is 28.1 Å². The topological polar surface area (TPSA) is 49.8 Å². The minimum absolute atomic E-state index is 0.374. The van der Waals surface area contributed by atoms with Crippen molar-refractivity contribution in [2.75, 3.05) is 0 Å². The molecule has 3 nitrogen and oxygen atoms in total. The number of aromatic nitrogens is 1. The number of furan rings is 1. The lowest BCUT2D eigenvalue weighted by Gasteiger charge is -1.84. The van der Waals surface area contributed by atoms with Crippen molar-refractivity contribution in [1.82, 2.24) is 4.98 Å². The molecule has 0 atom stereocenters. The van der Waals surface area contributed by atoms with E-state index in [9.17, 15) is 0 Å². The first-order chi connectivity index (χ1) is 6.81. The first-order valence-electron chi connectivity index (χ1n) is 3.87. The molecular weight excluding hydrogens is 264 g/mol. The lowest BCUT2D eigenvalue weighted by molar-refractivity contribution is 0.582. The molecular formula is C9H5BrN2OS. The van der Waals surface area contributed by atoms with Crippen LogP contribution in [0, 0.1) is 11.3 Å². The second kappa shape index (κ2) is 3.95. The van der Waals surface area contributed by atoms with E-state index in [2.05, 4.69) is 27.0 Å². The van der Waals surface area contributed by atoms with E-state index in [0.29, 0.717) is 6.42 Å². The van der Waals surface area contributed by atoms with Crippen LogP contribution >= 0.6 is 27.3 Å². The molecule has 0 aliphatic carbocycles. The molecule has 0 unspecified atom stereocenters. The van der Waals surface area contributed by atoms with Gasteiger partial charge in [-0.25, -0.2) is 4.98 Å². The maximum Gasteiger partial charge on any atom is 0.162 e. The van der Waals surface area contributed by atoms with Crippen LogP contribution in [-0.2, 0) is 6.42 Å². The molecule has 0 aliphatic rings. The van der Waals surface area contributed by atoms with Crippen LogP contribution in [0.25, 0.3) is 10.8 Å². The third kappa shape index (κ3) is 1.72. The van der Waals surface area contributed by atoms with Gasteiger partial charge in [0.05, 0.1) is 23.6 Å². The van der Waals surface area contributed by atoms with Crippen LogP contribution in [0.4, 0.5) is 0 Å². The molecule has 2 rings (SSSR count). The predicted octanol–water partition coefficient (Wildman–Crippen LogP) is 3.23. The number of halogens is 1. The van der Waals surface area contributed by atoms with Gasteiger partial charge in [0.1, 0.15) is 4.60 Å². The highest BCUT2D eigenvalue weighted by molar-refractivity contribution is 9.10. The highest BCUT2D eigenvalue weighted by Gasteiger charge is 2.11. The van der Waals surface area contributed by atoms with Crippen molar-refractivity contribution >= 4 is 27.3 Å². The van der Waals surface area contributed by atoms with Crippen LogP contribution in [0.3, 0.4) is 0 Å². The van der Waals surface area contributed by atoms with Gasteiger partial charge in [0.2, 0.25) is 0 Å². The summed E-state index contributed by atoms with van der Waals surface area (Å²) in [4.78, 5) is 5.19. The lowest BCUT2D eigenvalue weighted by atomic mass is 10.4. The molecule has 0 bridgehead atoms. The minimum atomic E-state index is 0.374. The summed E-state index contributed by atoms with van der Waals surface area (Å²) in [6.07, 6.45) is 1.98. The Hall–Kier alpha value is -1.12. The van der Waals surface area contributed by atoms with Gasteiger partial charge < -0.3 is 4.42 Å². The average molecular weight is 269 g/mol. The maximum atomic E-state index is 8.57. The molecule has 0 fully saturated rings. The molecule has 14 heavy (non-hydrogen) atoms. The Balaban J connectivity index is 2.39. The van der Waals surface area contributed by atoms with Crippen LogP contribution < -0.4 is 0 Å². The van der Waals surface area contributed by atoms with E-state index in [1.54, 1.807) is 6.26 Å². The molecule has 5 heteroatoms. The van der Waals surface area contributed by atoms with Gasteiger partial charge >= 0.3 is 0 Å². The summed E-state index contributed by atoms with van der Waals surface area (Å²) in [5, 5.41) is 9.37. The molecule has 0 amide bonds. The minimum Gasteiger partial charge on any atom is -0.462 e. The fourth-order valence-corrected chi connectivity index (χ4v) is 2.55. The van der Waals surface area contributed by atoms with Crippen molar-refractivity contribution in [3.8, 4) is 16.8 Å². The summed E-state index contributed by atoms with van der Waals surface area (Å²) in [5.41, 5.74) is 0. The van der Waals surface area contributed by atoms with Crippen LogP contribution in [0.2, 0.25) is 0 Å². The van der Waals surface area contributed by atoms with E-state index in [-0.39, 0.29) is 0 Å². The monoisotopic (exact) mass is 268 g/mol. The lowest BCUT2D eigenvalue weighted by Crippen LogP contribution is -1.74. The van der Waals surface area contributed by atoms with Crippen molar-refractivity contribution in [3.05, 3.63) is 27.9 Å². The van der Waals surface area contributed by atoms with Gasteiger partial charge in [0.15, 0.2) is 10.8 Å². The number of thiazole rings is 1. The molecule has 0 saturated heterocycles. The molecule has 70 valence electrons. The highest BCUT2D eigenvalue weighted by atomic mass is 79.9. The summed E-state index contributed by atoms with van der Waals surface area (Å²) in [6, 6.07) is 5.76. The molecule has 0 spiro atoms. The molecule has 2 aromatic rings. The summed E-state index contributed by atoms with van der Waals surface area (Å²) >= 11 is 4.78. The first kappa shape index (κ1) is 9.44. The third-order valence-corrected chi connectivity index (χ3v) is 3.61. The molecule has 0 aromatic carbocycles. The van der Waals surface area contributed by atoms with Crippen LogP contribution in [0.1, 0.15) is 4.88 Å². The second-order valence-corrected chi connectivity index (χ2v) is 4.38. The molecule has 2 heterocycles. The molecule has 2 aromatic heterocycles. The van der Waals surface area contributed by atoms with Crippen molar-refractivity contribution < 1.29 is 4.42 Å². The maximum absolute atomic E-state index is 8.57. The Labute approximate surface area is 93.1 Å². The Bertz CT molecular complexity index is 469. The summed E-state index contributed by atoms with van der Waals surface area (Å²) in [5.74, 6) is 0.736. The van der Waals surface area contributed by atoms with Crippen molar-refractivity contribution in [2.24, 2.45) is 0 Å². The zero-order valence-corrected chi connectivity index (χ0v) is 9.43. The number of rotatable bonds is 2. The molecule has 0 saturated carbocycles. The van der Waals surface area contributed by atoms with Gasteiger partial charge in [-0.2, -0.15) is 5.26 Å². The number of hydrogen-bond acceptors (Lipinski definition) is 4. The van der Waals surface area contributed by atoms with Crippen molar-refractivity contribution in [1.29, 1.82) is 5.26 Å². The van der Waals surface area contributed by atoms with Gasteiger partial charge in [-0.3, -0.25) is 0 Å². The van der Waals surface area contributed by atoms with E-state index in [4.69, 9.17) is 9.68 Å². The van der Waals surface area contributed by atoms with Crippen LogP contribution in [-0.4, -0.2) is 4.98 Å². The van der Waals surface area contributed by atoms with Gasteiger partial charge in [0.25, 0.3) is 0 Å².